The van der Waals surface area contributed by atoms with Gasteiger partial charge in [-0.1, -0.05) is 0 Å². The van der Waals surface area contributed by atoms with Crippen LogP contribution in [0.5, 0.6) is 0 Å². The summed E-state index contributed by atoms with van der Waals surface area (Å²) in [5, 5.41) is 0. The molecule has 0 saturated carbocycles. The lowest BCUT2D eigenvalue weighted by Crippen LogP contribution is -2.41. The molecule has 1 fully saturated rings. The molecule has 2 rings (SSSR count). The summed E-state index contributed by atoms with van der Waals surface area (Å²) in [6.07, 6.45) is 2.82. The number of rotatable bonds is 3. The van der Waals surface area contributed by atoms with Crippen LogP contribution in [0.1, 0.15) is 47.2 Å². The molecule has 1 aliphatic heterocycles. The van der Waals surface area contributed by atoms with Crippen LogP contribution in [0.15, 0.2) is 18.3 Å². The van der Waals surface area contributed by atoms with Gasteiger partial charge in [0, 0.05) is 12.5 Å². The zero-order valence-corrected chi connectivity index (χ0v) is 15.1. The van der Waals surface area contributed by atoms with E-state index in [1.165, 1.54) is 6.26 Å². The Morgan fingerprint density at radius 2 is 1.64 bits per heavy atom. The Balaban J connectivity index is 2.40. The number of hydrogen-bond acceptors (Lipinski definition) is 5. The summed E-state index contributed by atoms with van der Waals surface area (Å²) < 4.78 is 34.9. The van der Waals surface area contributed by atoms with Crippen molar-refractivity contribution >= 4 is 22.4 Å². The van der Waals surface area contributed by atoms with Gasteiger partial charge in [-0.05, 0) is 59.1 Å². The highest BCUT2D eigenvalue weighted by molar-refractivity contribution is 7.91. The lowest BCUT2D eigenvalue weighted by atomic mass is 9.79. The fourth-order valence-electron chi connectivity index (χ4n) is 2.09. The van der Waals surface area contributed by atoms with E-state index >= 15 is 0 Å². The third-order valence-electron chi connectivity index (χ3n) is 4.85. The van der Waals surface area contributed by atoms with Crippen molar-refractivity contribution in [3.63, 3.8) is 0 Å². The number of pyridine rings is 1. The predicted molar refractivity (Wildman–Crippen MR) is 87.8 cm³/mol. The zero-order valence-electron chi connectivity index (χ0n) is 14.3. The Morgan fingerprint density at radius 3 is 2.09 bits per heavy atom. The van der Waals surface area contributed by atoms with Crippen LogP contribution in [0, 0.1) is 0 Å². The van der Waals surface area contributed by atoms with E-state index in [4.69, 9.17) is 9.31 Å². The van der Waals surface area contributed by atoms with E-state index < -0.39 is 32.9 Å². The van der Waals surface area contributed by atoms with E-state index in [2.05, 4.69) is 4.98 Å². The van der Waals surface area contributed by atoms with Crippen LogP contribution in [0.4, 0.5) is 0 Å². The molecule has 5 nitrogen and oxygen atoms in total. The summed E-state index contributed by atoms with van der Waals surface area (Å²) in [6.45, 7) is 11.2. The molecular weight excluding hydrogens is 301 g/mol. The molecule has 1 aliphatic rings. The lowest BCUT2D eigenvalue weighted by molar-refractivity contribution is 0.00578. The Labute approximate surface area is 133 Å². The van der Waals surface area contributed by atoms with Crippen molar-refractivity contribution in [3.05, 3.63) is 24.0 Å². The normalized spacial score (nSPS) is 21.1. The Hall–Kier alpha value is -0.915. The van der Waals surface area contributed by atoms with Crippen molar-refractivity contribution in [2.45, 2.75) is 57.5 Å². The monoisotopic (exact) mass is 325 g/mol. The van der Waals surface area contributed by atoms with Gasteiger partial charge in [-0.2, -0.15) is 0 Å². The molecule has 22 heavy (non-hydrogen) atoms. The maximum absolute atomic E-state index is 12.0. The second-order valence-corrected chi connectivity index (χ2v) is 9.91. The molecule has 0 bridgehead atoms. The lowest BCUT2D eigenvalue weighted by Gasteiger charge is -2.32. The molecule has 1 aromatic rings. The van der Waals surface area contributed by atoms with Gasteiger partial charge in [-0.15, -0.1) is 0 Å². The fourth-order valence-corrected chi connectivity index (χ4v) is 2.58. The van der Waals surface area contributed by atoms with Gasteiger partial charge >= 0.3 is 7.12 Å². The fraction of sp³-hybridized carbons (Fsp3) is 0.667. The SMILES string of the molecule is CC1(C)OB(c2ccnc(C(C)(C)S(C)(=O)=O)c2)OC1(C)C. The van der Waals surface area contributed by atoms with Gasteiger partial charge in [-0.25, -0.2) is 8.42 Å². The van der Waals surface area contributed by atoms with Gasteiger partial charge in [0.25, 0.3) is 0 Å². The molecular formula is C15H24BNO4S. The molecule has 1 saturated heterocycles. The largest absolute Gasteiger partial charge is 0.494 e. The number of sulfone groups is 1. The maximum Gasteiger partial charge on any atom is 0.494 e. The average Bonchev–Trinajstić information content (AvgIpc) is 2.57. The molecule has 0 atom stereocenters. The van der Waals surface area contributed by atoms with Crippen LogP contribution in [-0.4, -0.2) is 38.0 Å². The highest BCUT2D eigenvalue weighted by atomic mass is 32.2. The quantitative estimate of drug-likeness (QED) is 0.791. The molecule has 1 aromatic heterocycles. The van der Waals surface area contributed by atoms with E-state index in [-0.39, 0.29) is 0 Å². The molecule has 122 valence electrons. The van der Waals surface area contributed by atoms with Gasteiger partial charge in [-0.3, -0.25) is 4.98 Å². The van der Waals surface area contributed by atoms with Gasteiger partial charge in [0.2, 0.25) is 0 Å². The van der Waals surface area contributed by atoms with Crippen molar-refractivity contribution in [1.82, 2.24) is 4.98 Å². The second kappa shape index (κ2) is 5.04. The topological polar surface area (TPSA) is 65.5 Å². The summed E-state index contributed by atoms with van der Waals surface area (Å²) >= 11 is 0. The van der Waals surface area contributed by atoms with Crippen molar-refractivity contribution in [3.8, 4) is 0 Å². The van der Waals surface area contributed by atoms with Crippen molar-refractivity contribution in [2.24, 2.45) is 0 Å². The van der Waals surface area contributed by atoms with Gasteiger partial charge in [0.15, 0.2) is 9.84 Å². The van der Waals surface area contributed by atoms with Crippen molar-refractivity contribution in [2.75, 3.05) is 6.26 Å². The minimum absolute atomic E-state index is 0.437. The van der Waals surface area contributed by atoms with E-state index in [9.17, 15) is 8.42 Å². The van der Waals surface area contributed by atoms with E-state index in [1.54, 1.807) is 32.2 Å². The second-order valence-electron chi connectivity index (χ2n) is 7.35. The molecule has 0 aliphatic carbocycles. The first-order chi connectivity index (χ1) is 9.78. The first-order valence-corrected chi connectivity index (χ1v) is 9.19. The third kappa shape index (κ3) is 2.82. The van der Waals surface area contributed by atoms with E-state index in [0.29, 0.717) is 5.69 Å². The maximum atomic E-state index is 12.0. The molecule has 0 spiro atoms. The summed E-state index contributed by atoms with van der Waals surface area (Å²) in [4.78, 5) is 4.23. The molecule has 0 unspecified atom stereocenters. The van der Waals surface area contributed by atoms with E-state index in [1.807, 2.05) is 27.7 Å². The van der Waals surface area contributed by atoms with Gasteiger partial charge < -0.3 is 9.31 Å². The molecule has 0 radical (unpaired) electrons. The minimum Gasteiger partial charge on any atom is -0.399 e. The highest BCUT2D eigenvalue weighted by Gasteiger charge is 2.52. The highest BCUT2D eigenvalue weighted by Crippen LogP contribution is 2.36. The predicted octanol–water partition coefficient (Wildman–Crippen LogP) is 1.66. The minimum atomic E-state index is -3.29. The Bertz CT molecular complexity index is 667. The van der Waals surface area contributed by atoms with Crippen LogP contribution in [0.2, 0.25) is 0 Å². The van der Waals surface area contributed by atoms with Crippen LogP contribution >= 0.6 is 0 Å². The van der Waals surface area contributed by atoms with E-state index in [0.717, 1.165) is 5.46 Å². The van der Waals surface area contributed by atoms with Crippen LogP contribution in [0.3, 0.4) is 0 Å². The molecule has 0 N–H and O–H groups in total. The van der Waals surface area contributed by atoms with Crippen LogP contribution in [0.25, 0.3) is 0 Å². The summed E-state index contributed by atoms with van der Waals surface area (Å²) in [5.74, 6) is 0. The van der Waals surface area contributed by atoms with Crippen LogP contribution < -0.4 is 5.46 Å². The molecule has 0 amide bonds. The number of nitrogens with zero attached hydrogens (tertiary/aromatic N) is 1. The molecule has 0 aromatic carbocycles. The average molecular weight is 325 g/mol. The number of hydrogen-bond donors (Lipinski definition) is 0. The Kier molecular flexibility index (Phi) is 4.00. The molecule has 2 heterocycles. The first-order valence-electron chi connectivity index (χ1n) is 7.30. The molecule has 7 heteroatoms. The number of aromatic nitrogens is 1. The van der Waals surface area contributed by atoms with Crippen LogP contribution in [-0.2, 0) is 23.9 Å². The Morgan fingerprint density at radius 1 is 1.14 bits per heavy atom. The van der Waals surface area contributed by atoms with Crippen molar-refractivity contribution < 1.29 is 17.7 Å². The van der Waals surface area contributed by atoms with Gasteiger partial charge in [0.1, 0.15) is 4.75 Å². The first kappa shape index (κ1) is 17.4. The van der Waals surface area contributed by atoms with Gasteiger partial charge in [0.05, 0.1) is 16.9 Å². The van der Waals surface area contributed by atoms with Crippen molar-refractivity contribution in [1.29, 1.82) is 0 Å². The summed E-state index contributed by atoms with van der Waals surface area (Å²) in [6, 6.07) is 3.55. The zero-order chi connectivity index (χ0) is 17.0. The third-order valence-corrected chi connectivity index (χ3v) is 6.92. The standard InChI is InChI=1S/C15H24BNO4S/c1-13(2,22(7,18)19)12-10-11(8-9-17-12)16-20-14(3,4)15(5,6)21-16/h8-10H,1-7H3. The smallest absolute Gasteiger partial charge is 0.399 e. The summed E-state index contributed by atoms with van der Waals surface area (Å²) in [7, 11) is -3.81. The summed E-state index contributed by atoms with van der Waals surface area (Å²) in [5.41, 5.74) is 0.392.